The second-order valence-corrected chi connectivity index (χ2v) is 8.85. The lowest BCUT2D eigenvalue weighted by Crippen LogP contribution is -2.40. The van der Waals surface area contributed by atoms with Crippen molar-refractivity contribution in [3.8, 4) is 0 Å². The average Bonchev–Trinajstić information content (AvgIpc) is 2.84. The van der Waals surface area contributed by atoms with Gasteiger partial charge in [0.2, 0.25) is 0 Å². The number of carbonyl (C=O) groups is 2. The molecule has 0 bridgehead atoms. The Morgan fingerprint density at radius 3 is 1.91 bits per heavy atom. The van der Waals surface area contributed by atoms with Crippen LogP contribution in [0.4, 0.5) is 4.79 Å². The molecule has 1 amide bonds. The summed E-state index contributed by atoms with van der Waals surface area (Å²) < 4.78 is 10.8. The van der Waals surface area contributed by atoms with E-state index < -0.39 is 5.97 Å². The van der Waals surface area contributed by atoms with Gasteiger partial charge in [0.25, 0.3) is 0 Å². The number of hydrogen-bond donors (Lipinski definition) is 2. The monoisotopic (exact) mass is 453 g/mol. The first-order chi connectivity index (χ1) is 16.1. The Labute approximate surface area is 196 Å². The number of alkyl carbamates (subject to hydrolysis) is 1. The minimum atomic E-state index is -0.935. The zero-order valence-electron chi connectivity index (χ0n) is 19.3. The number of rotatable bonds is 11. The highest BCUT2D eigenvalue weighted by molar-refractivity contribution is 5.68. The van der Waals surface area contributed by atoms with Crippen molar-refractivity contribution >= 4 is 12.1 Å². The molecule has 1 unspecified atom stereocenters. The van der Waals surface area contributed by atoms with Crippen LogP contribution < -0.4 is 5.32 Å². The van der Waals surface area contributed by atoms with E-state index in [0.29, 0.717) is 25.0 Å². The number of amides is 1. The predicted octanol–water partition coefficient (Wildman–Crippen LogP) is 5.23. The SMILES string of the molecule is CCC(NC(=O)OCC1CCC(COCC(=O)O)CC1)C(c1ccccc1)c1ccccc1. The molecule has 2 aromatic rings. The molecule has 1 aliphatic carbocycles. The number of hydrogen-bond acceptors (Lipinski definition) is 4. The number of carboxylic acids is 1. The van der Waals surface area contributed by atoms with E-state index >= 15 is 0 Å². The van der Waals surface area contributed by atoms with Crippen LogP contribution in [0.15, 0.2) is 60.7 Å². The van der Waals surface area contributed by atoms with Crippen molar-refractivity contribution in [2.75, 3.05) is 19.8 Å². The second-order valence-electron chi connectivity index (χ2n) is 8.85. The Kier molecular flexibility index (Phi) is 9.76. The van der Waals surface area contributed by atoms with Crippen LogP contribution in [-0.4, -0.2) is 43.0 Å². The highest BCUT2D eigenvalue weighted by Gasteiger charge is 2.27. The summed E-state index contributed by atoms with van der Waals surface area (Å²) in [6.45, 7) is 2.73. The fraction of sp³-hybridized carbons (Fsp3) is 0.481. The number of nitrogens with one attached hydrogen (secondary N) is 1. The number of ether oxygens (including phenoxy) is 2. The van der Waals surface area contributed by atoms with E-state index in [1.807, 2.05) is 36.4 Å². The number of carboxylic acid groups (broad SMARTS) is 1. The van der Waals surface area contributed by atoms with Crippen LogP contribution in [-0.2, 0) is 14.3 Å². The number of carbonyl (C=O) groups excluding carboxylic acids is 1. The Morgan fingerprint density at radius 2 is 1.42 bits per heavy atom. The smallest absolute Gasteiger partial charge is 0.407 e. The third-order valence-corrected chi connectivity index (χ3v) is 6.46. The first kappa shape index (κ1) is 24.8. The summed E-state index contributed by atoms with van der Waals surface area (Å²) in [7, 11) is 0. The molecule has 6 heteroatoms. The normalized spacial score (nSPS) is 19.1. The summed E-state index contributed by atoms with van der Waals surface area (Å²) in [6, 6.07) is 20.4. The molecule has 0 radical (unpaired) electrons. The van der Waals surface area contributed by atoms with Crippen LogP contribution in [0.3, 0.4) is 0 Å². The maximum atomic E-state index is 12.7. The van der Waals surface area contributed by atoms with E-state index in [-0.39, 0.29) is 24.7 Å². The van der Waals surface area contributed by atoms with Crippen molar-refractivity contribution in [1.29, 1.82) is 0 Å². The number of benzene rings is 2. The molecular weight excluding hydrogens is 418 g/mol. The Morgan fingerprint density at radius 1 is 0.909 bits per heavy atom. The van der Waals surface area contributed by atoms with Crippen LogP contribution in [0.25, 0.3) is 0 Å². The van der Waals surface area contributed by atoms with Gasteiger partial charge in [0.1, 0.15) is 6.61 Å². The lowest BCUT2D eigenvalue weighted by Gasteiger charge is -2.30. The van der Waals surface area contributed by atoms with Crippen molar-refractivity contribution in [3.05, 3.63) is 71.8 Å². The highest BCUT2D eigenvalue weighted by atomic mass is 16.5. The van der Waals surface area contributed by atoms with Crippen LogP contribution in [0.1, 0.15) is 56.1 Å². The van der Waals surface area contributed by atoms with Crippen molar-refractivity contribution in [2.24, 2.45) is 11.8 Å². The van der Waals surface area contributed by atoms with E-state index in [0.717, 1.165) is 32.1 Å². The minimum Gasteiger partial charge on any atom is -0.480 e. The van der Waals surface area contributed by atoms with Crippen molar-refractivity contribution < 1.29 is 24.2 Å². The summed E-state index contributed by atoms with van der Waals surface area (Å²) in [5, 5.41) is 11.8. The predicted molar refractivity (Wildman–Crippen MR) is 127 cm³/mol. The van der Waals surface area contributed by atoms with Gasteiger partial charge >= 0.3 is 12.1 Å². The Balaban J connectivity index is 1.50. The molecule has 0 aromatic heterocycles. The van der Waals surface area contributed by atoms with Gasteiger partial charge in [0.15, 0.2) is 0 Å². The maximum absolute atomic E-state index is 12.7. The van der Waals surface area contributed by atoms with Crippen LogP contribution in [0.5, 0.6) is 0 Å². The van der Waals surface area contributed by atoms with E-state index in [1.54, 1.807) is 0 Å². The standard InChI is InChI=1S/C27H35NO5/c1-2-24(26(22-9-5-3-6-10-22)23-11-7-4-8-12-23)28-27(31)33-18-21-15-13-20(14-16-21)17-32-19-25(29)30/h3-12,20-21,24,26H,2,13-19H2,1H3,(H,28,31)(H,29,30). The van der Waals surface area contributed by atoms with E-state index in [9.17, 15) is 9.59 Å². The molecule has 6 nitrogen and oxygen atoms in total. The molecule has 0 spiro atoms. The van der Waals surface area contributed by atoms with Crippen molar-refractivity contribution in [3.63, 3.8) is 0 Å². The van der Waals surface area contributed by atoms with Gasteiger partial charge < -0.3 is 19.9 Å². The van der Waals surface area contributed by atoms with Gasteiger partial charge in [-0.2, -0.15) is 0 Å². The summed E-state index contributed by atoms with van der Waals surface area (Å²) in [6.07, 6.45) is 4.27. The van der Waals surface area contributed by atoms with Crippen molar-refractivity contribution in [2.45, 2.75) is 51.0 Å². The molecule has 3 rings (SSSR count). The molecule has 1 fully saturated rings. The fourth-order valence-corrected chi connectivity index (χ4v) is 4.66. The molecule has 1 atom stereocenters. The summed E-state index contributed by atoms with van der Waals surface area (Å²) in [5.74, 6) is -0.163. The molecule has 2 N–H and O–H groups in total. The Bertz CT molecular complexity index is 810. The molecule has 33 heavy (non-hydrogen) atoms. The Hall–Kier alpha value is -2.86. The summed E-state index contributed by atoms with van der Waals surface area (Å²) >= 11 is 0. The molecule has 2 aromatic carbocycles. The van der Waals surface area contributed by atoms with Gasteiger partial charge in [-0.25, -0.2) is 9.59 Å². The molecular formula is C27H35NO5. The zero-order chi connectivity index (χ0) is 23.5. The largest absolute Gasteiger partial charge is 0.480 e. The first-order valence-electron chi connectivity index (χ1n) is 11.9. The van der Waals surface area contributed by atoms with Gasteiger partial charge in [-0.15, -0.1) is 0 Å². The first-order valence-corrected chi connectivity index (χ1v) is 11.9. The molecule has 178 valence electrons. The molecule has 1 aliphatic rings. The van der Waals surface area contributed by atoms with Gasteiger partial charge in [-0.05, 0) is 55.1 Å². The van der Waals surface area contributed by atoms with Gasteiger partial charge in [-0.1, -0.05) is 67.6 Å². The quantitative estimate of drug-likeness (QED) is 0.487. The van der Waals surface area contributed by atoms with E-state index in [1.165, 1.54) is 11.1 Å². The second kappa shape index (κ2) is 13.0. The average molecular weight is 454 g/mol. The third kappa shape index (κ3) is 7.90. The lowest BCUT2D eigenvalue weighted by atomic mass is 9.83. The molecule has 1 saturated carbocycles. The molecule has 0 aliphatic heterocycles. The van der Waals surface area contributed by atoms with Crippen LogP contribution >= 0.6 is 0 Å². The molecule has 0 heterocycles. The highest BCUT2D eigenvalue weighted by Crippen LogP contribution is 2.31. The third-order valence-electron chi connectivity index (χ3n) is 6.46. The fourth-order valence-electron chi connectivity index (χ4n) is 4.66. The maximum Gasteiger partial charge on any atom is 0.407 e. The number of aliphatic carboxylic acids is 1. The van der Waals surface area contributed by atoms with E-state index in [2.05, 4.69) is 36.5 Å². The minimum absolute atomic E-state index is 0.0474. The topological polar surface area (TPSA) is 84.9 Å². The van der Waals surface area contributed by atoms with E-state index in [4.69, 9.17) is 14.6 Å². The zero-order valence-corrected chi connectivity index (χ0v) is 19.3. The molecule has 0 saturated heterocycles. The van der Waals surface area contributed by atoms with Crippen molar-refractivity contribution in [1.82, 2.24) is 5.32 Å². The van der Waals surface area contributed by atoms with Gasteiger partial charge in [0, 0.05) is 12.0 Å². The van der Waals surface area contributed by atoms with Crippen LogP contribution in [0, 0.1) is 11.8 Å². The van der Waals surface area contributed by atoms with Crippen LogP contribution in [0.2, 0.25) is 0 Å². The lowest BCUT2D eigenvalue weighted by molar-refractivity contribution is -0.142. The van der Waals surface area contributed by atoms with Gasteiger partial charge in [-0.3, -0.25) is 0 Å². The summed E-state index contributed by atoms with van der Waals surface area (Å²) in [4.78, 5) is 23.2. The van der Waals surface area contributed by atoms with Gasteiger partial charge in [0.05, 0.1) is 13.2 Å². The summed E-state index contributed by atoms with van der Waals surface area (Å²) in [5.41, 5.74) is 2.33.